The van der Waals surface area contributed by atoms with E-state index in [9.17, 15) is 4.79 Å². The lowest BCUT2D eigenvalue weighted by atomic mass is 10.00. The van der Waals surface area contributed by atoms with Crippen molar-refractivity contribution >= 4 is 5.91 Å². The Morgan fingerprint density at radius 2 is 2.20 bits per heavy atom. The number of aromatic amines is 1. The van der Waals surface area contributed by atoms with Crippen LogP contribution in [0.5, 0.6) is 5.75 Å². The maximum absolute atomic E-state index is 12.8. The van der Waals surface area contributed by atoms with Crippen molar-refractivity contribution in [1.29, 1.82) is 0 Å². The summed E-state index contributed by atoms with van der Waals surface area (Å²) < 4.78 is 11.0. The van der Waals surface area contributed by atoms with Gasteiger partial charge in [-0.15, -0.1) is 0 Å². The van der Waals surface area contributed by atoms with E-state index in [1.807, 2.05) is 41.3 Å². The molecule has 0 bridgehead atoms. The monoisotopic (exact) mass is 337 g/mol. The molecule has 1 atom stereocenters. The van der Waals surface area contributed by atoms with E-state index in [-0.39, 0.29) is 11.9 Å². The van der Waals surface area contributed by atoms with Crippen molar-refractivity contribution < 1.29 is 13.9 Å². The zero-order chi connectivity index (χ0) is 17.4. The Hall–Kier alpha value is -3.02. The van der Waals surface area contributed by atoms with Crippen LogP contribution in [0.25, 0.3) is 11.3 Å². The highest BCUT2D eigenvalue weighted by Crippen LogP contribution is 2.43. The lowest BCUT2D eigenvalue weighted by molar-refractivity contribution is 0.0730. The van der Waals surface area contributed by atoms with Crippen LogP contribution in [-0.2, 0) is 0 Å². The molecule has 1 N–H and O–H groups in total. The van der Waals surface area contributed by atoms with Crippen LogP contribution in [-0.4, -0.2) is 34.7 Å². The van der Waals surface area contributed by atoms with Gasteiger partial charge in [0, 0.05) is 17.7 Å². The summed E-state index contributed by atoms with van der Waals surface area (Å²) in [5.41, 5.74) is 3.05. The molecular formula is C19H19N3O3. The van der Waals surface area contributed by atoms with E-state index in [2.05, 4.69) is 17.1 Å². The Labute approximate surface area is 145 Å². The molecule has 1 aliphatic rings. The summed E-state index contributed by atoms with van der Waals surface area (Å²) in [6.45, 7) is 2.71. The third kappa shape index (κ3) is 2.41. The zero-order valence-corrected chi connectivity index (χ0v) is 14.2. The Kier molecular flexibility index (Phi) is 3.80. The minimum absolute atomic E-state index is 0.0418. The average Bonchev–Trinajstić information content (AvgIpc) is 3.35. The van der Waals surface area contributed by atoms with Gasteiger partial charge >= 0.3 is 0 Å². The maximum atomic E-state index is 12.8. The number of furan rings is 1. The number of nitrogens with zero attached hydrogens (tertiary/aromatic N) is 2. The Morgan fingerprint density at radius 1 is 1.32 bits per heavy atom. The molecule has 0 saturated carbocycles. The molecule has 2 aromatic heterocycles. The van der Waals surface area contributed by atoms with Gasteiger partial charge < -0.3 is 14.1 Å². The minimum atomic E-state index is -0.266. The van der Waals surface area contributed by atoms with Crippen LogP contribution in [0, 0.1) is 0 Å². The third-order valence-corrected chi connectivity index (χ3v) is 4.48. The second kappa shape index (κ2) is 6.12. The first-order chi connectivity index (χ1) is 12.2. The van der Waals surface area contributed by atoms with Crippen molar-refractivity contribution in [3.05, 3.63) is 59.7 Å². The van der Waals surface area contributed by atoms with Gasteiger partial charge in [-0.2, -0.15) is 5.10 Å². The number of fused-ring (bicyclic) bond motifs is 1. The summed E-state index contributed by atoms with van der Waals surface area (Å²) in [5.74, 6) is 1.45. The van der Waals surface area contributed by atoms with Gasteiger partial charge in [-0.25, -0.2) is 0 Å². The number of hydrogen-bond acceptors (Lipinski definition) is 4. The van der Waals surface area contributed by atoms with Crippen molar-refractivity contribution in [3.8, 4) is 17.0 Å². The van der Waals surface area contributed by atoms with Crippen LogP contribution >= 0.6 is 0 Å². The molecule has 3 heterocycles. The normalized spacial score (nSPS) is 16.3. The van der Waals surface area contributed by atoms with Crippen molar-refractivity contribution in [2.75, 3.05) is 13.7 Å². The number of aromatic nitrogens is 2. The Balaban J connectivity index is 1.87. The molecule has 1 aromatic carbocycles. The van der Waals surface area contributed by atoms with E-state index < -0.39 is 0 Å². The number of amides is 1. The number of carbonyl (C=O) groups excluding carboxylic acids is 1. The van der Waals surface area contributed by atoms with E-state index in [1.165, 1.54) is 0 Å². The van der Waals surface area contributed by atoms with E-state index in [1.54, 1.807) is 13.4 Å². The Bertz CT molecular complexity index is 899. The molecule has 4 rings (SSSR count). The number of ether oxygens (including phenoxy) is 1. The molecule has 128 valence electrons. The number of benzene rings is 1. The minimum Gasteiger partial charge on any atom is -0.497 e. The van der Waals surface area contributed by atoms with Gasteiger partial charge in [0.15, 0.2) is 0 Å². The first kappa shape index (κ1) is 15.5. The van der Waals surface area contributed by atoms with Crippen molar-refractivity contribution in [1.82, 2.24) is 15.1 Å². The van der Waals surface area contributed by atoms with E-state index in [0.29, 0.717) is 12.2 Å². The average molecular weight is 337 g/mol. The van der Waals surface area contributed by atoms with Gasteiger partial charge in [0.2, 0.25) is 0 Å². The molecule has 0 fully saturated rings. The van der Waals surface area contributed by atoms with Crippen molar-refractivity contribution in [3.63, 3.8) is 0 Å². The standard InChI is InChI=1S/C19H19N3O3/c1-3-9-22-18(14-8-5-10-25-14)15-16(20-21-17(15)19(22)23)12-6-4-7-13(11-12)24-2/h4-8,10-11,18H,3,9H2,1-2H3,(H,20,21)/t18-/m0/s1. The second-order valence-corrected chi connectivity index (χ2v) is 6.01. The van der Waals surface area contributed by atoms with Gasteiger partial charge in [-0.1, -0.05) is 19.1 Å². The quantitative estimate of drug-likeness (QED) is 0.772. The van der Waals surface area contributed by atoms with Crippen LogP contribution in [0.3, 0.4) is 0 Å². The maximum Gasteiger partial charge on any atom is 0.273 e. The second-order valence-electron chi connectivity index (χ2n) is 6.01. The van der Waals surface area contributed by atoms with Gasteiger partial charge in [-0.3, -0.25) is 9.89 Å². The largest absolute Gasteiger partial charge is 0.497 e. The van der Waals surface area contributed by atoms with Crippen LogP contribution in [0.2, 0.25) is 0 Å². The summed E-state index contributed by atoms with van der Waals surface area (Å²) in [6.07, 6.45) is 2.50. The first-order valence-corrected chi connectivity index (χ1v) is 8.31. The first-order valence-electron chi connectivity index (χ1n) is 8.31. The highest BCUT2D eigenvalue weighted by molar-refractivity contribution is 6.00. The number of hydrogen-bond donors (Lipinski definition) is 1. The van der Waals surface area contributed by atoms with Crippen molar-refractivity contribution in [2.45, 2.75) is 19.4 Å². The number of nitrogens with one attached hydrogen (secondary N) is 1. The fourth-order valence-corrected chi connectivity index (χ4v) is 3.40. The number of rotatable bonds is 5. The summed E-state index contributed by atoms with van der Waals surface area (Å²) in [4.78, 5) is 14.7. The zero-order valence-electron chi connectivity index (χ0n) is 14.2. The number of H-pyrrole nitrogens is 1. The molecule has 6 nitrogen and oxygen atoms in total. The van der Waals surface area contributed by atoms with Gasteiger partial charge in [0.25, 0.3) is 5.91 Å². The molecule has 25 heavy (non-hydrogen) atoms. The summed E-state index contributed by atoms with van der Waals surface area (Å²) >= 11 is 0. The van der Waals surface area contributed by atoms with Gasteiger partial charge in [0.1, 0.15) is 23.2 Å². The van der Waals surface area contributed by atoms with Crippen LogP contribution < -0.4 is 4.74 Å². The molecule has 0 spiro atoms. The molecule has 0 saturated heterocycles. The topological polar surface area (TPSA) is 71.4 Å². The smallest absolute Gasteiger partial charge is 0.273 e. The van der Waals surface area contributed by atoms with Crippen LogP contribution in [0.15, 0.2) is 47.1 Å². The van der Waals surface area contributed by atoms with Gasteiger partial charge in [-0.05, 0) is 30.7 Å². The van der Waals surface area contributed by atoms with E-state index in [4.69, 9.17) is 9.15 Å². The number of methoxy groups -OCH3 is 1. The molecule has 3 aromatic rings. The molecular weight excluding hydrogens is 318 g/mol. The molecule has 6 heteroatoms. The molecule has 0 radical (unpaired) electrons. The summed E-state index contributed by atoms with van der Waals surface area (Å²) in [6, 6.07) is 11.2. The van der Waals surface area contributed by atoms with E-state index in [0.717, 1.165) is 34.8 Å². The molecule has 0 aliphatic carbocycles. The fraction of sp³-hybridized carbons (Fsp3) is 0.263. The third-order valence-electron chi connectivity index (χ3n) is 4.48. The lowest BCUT2D eigenvalue weighted by Gasteiger charge is -2.23. The Morgan fingerprint density at radius 3 is 2.92 bits per heavy atom. The van der Waals surface area contributed by atoms with Crippen molar-refractivity contribution in [2.24, 2.45) is 0 Å². The predicted molar refractivity (Wildman–Crippen MR) is 92.5 cm³/mol. The molecule has 0 unspecified atom stereocenters. The highest BCUT2D eigenvalue weighted by Gasteiger charge is 2.43. The number of carbonyl (C=O) groups is 1. The molecule has 1 amide bonds. The van der Waals surface area contributed by atoms with E-state index >= 15 is 0 Å². The summed E-state index contributed by atoms with van der Waals surface area (Å²) in [5, 5.41) is 7.35. The predicted octanol–water partition coefficient (Wildman–Crippen LogP) is 3.63. The van der Waals surface area contributed by atoms with Crippen LogP contribution in [0.1, 0.15) is 41.2 Å². The van der Waals surface area contributed by atoms with Crippen LogP contribution in [0.4, 0.5) is 0 Å². The fourth-order valence-electron chi connectivity index (χ4n) is 3.40. The SMILES string of the molecule is CCCN1C(=O)c2[nH]nc(-c3cccc(OC)c3)c2[C@@H]1c1ccco1. The van der Waals surface area contributed by atoms with Gasteiger partial charge in [0.05, 0.1) is 19.1 Å². The molecule has 1 aliphatic heterocycles. The highest BCUT2D eigenvalue weighted by atomic mass is 16.5. The lowest BCUT2D eigenvalue weighted by Crippen LogP contribution is -2.30. The summed E-state index contributed by atoms with van der Waals surface area (Å²) in [7, 11) is 1.63.